The number of hydrogen-bond donors (Lipinski definition) is 1. The maximum absolute atomic E-state index is 14.4. The molecule has 4 rings (SSSR count). The molecule has 224 valence electrons. The molecule has 0 saturated heterocycles. The molecule has 0 unspecified atom stereocenters. The summed E-state index contributed by atoms with van der Waals surface area (Å²) < 4.78 is 29.1. The largest absolute Gasteiger partial charge is 0.354 e. The molecule has 0 saturated carbocycles. The maximum Gasteiger partial charge on any atom is 0.264 e. The minimum Gasteiger partial charge on any atom is -0.354 e. The molecule has 7 nitrogen and oxygen atoms in total. The summed E-state index contributed by atoms with van der Waals surface area (Å²) in [5, 5.41) is 3.01. The third kappa shape index (κ3) is 8.55. The van der Waals surface area contributed by atoms with E-state index in [1.807, 2.05) is 86.6 Å². The van der Waals surface area contributed by atoms with Crippen LogP contribution < -0.4 is 9.62 Å². The topological polar surface area (TPSA) is 86.8 Å². The first-order valence-corrected chi connectivity index (χ1v) is 16.0. The van der Waals surface area contributed by atoms with E-state index in [1.54, 1.807) is 30.3 Å². The molecule has 1 N–H and O–H groups in total. The van der Waals surface area contributed by atoms with Crippen molar-refractivity contribution in [3.8, 4) is 0 Å². The van der Waals surface area contributed by atoms with Crippen LogP contribution in [0.4, 0.5) is 5.69 Å². The number of hydrogen-bond acceptors (Lipinski definition) is 4. The van der Waals surface area contributed by atoms with Gasteiger partial charge < -0.3 is 10.2 Å². The molecule has 0 aliphatic carbocycles. The highest BCUT2D eigenvalue weighted by molar-refractivity contribution is 7.92. The molecule has 43 heavy (non-hydrogen) atoms. The fourth-order valence-electron chi connectivity index (χ4n) is 4.80. The predicted molar refractivity (Wildman–Crippen MR) is 171 cm³/mol. The number of carbonyl (C=O) groups is 2. The van der Waals surface area contributed by atoms with Crippen molar-refractivity contribution in [3.63, 3.8) is 0 Å². The first kappa shape index (κ1) is 31.5. The van der Waals surface area contributed by atoms with Gasteiger partial charge >= 0.3 is 0 Å². The van der Waals surface area contributed by atoms with E-state index in [-0.39, 0.29) is 23.8 Å². The first-order chi connectivity index (χ1) is 20.8. The maximum atomic E-state index is 14.4. The minimum absolute atomic E-state index is 0.0797. The van der Waals surface area contributed by atoms with Crippen LogP contribution in [0.15, 0.2) is 120 Å². The van der Waals surface area contributed by atoms with E-state index in [9.17, 15) is 18.0 Å². The van der Waals surface area contributed by atoms with Gasteiger partial charge in [0.2, 0.25) is 11.8 Å². The van der Waals surface area contributed by atoms with Crippen molar-refractivity contribution >= 4 is 27.5 Å². The Kier molecular flexibility index (Phi) is 11.1. The number of amides is 2. The molecule has 0 radical (unpaired) electrons. The quantitative estimate of drug-likeness (QED) is 0.188. The van der Waals surface area contributed by atoms with Crippen molar-refractivity contribution in [2.75, 3.05) is 17.4 Å². The number of anilines is 1. The Morgan fingerprint density at radius 3 is 1.91 bits per heavy atom. The zero-order chi connectivity index (χ0) is 30.7. The summed E-state index contributed by atoms with van der Waals surface area (Å²) in [7, 11) is -4.11. The van der Waals surface area contributed by atoms with E-state index in [0.29, 0.717) is 12.2 Å². The van der Waals surface area contributed by atoms with Gasteiger partial charge in [0.1, 0.15) is 12.6 Å². The van der Waals surface area contributed by atoms with Crippen molar-refractivity contribution in [3.05, 3.63) is 132 Å². The molecule has 0 heterocycles. The van der Waals surface area contributed by atoms with E-state index in [4.69, 9.17) is 0 Å². The second kappa shape index (κ2) is 15.2. The Hall–Kier alpha value is -4.43. The minimum atomic E-state index is -4.11. The van der Waals surface area contributed by atoms with Gasteiger partial charge in [-0.2, -0.15) is 0 Å². The van der Waals surface area contributed by atoms with Crippen LogP contribution >= 0.6 is 0 Å². The zero-order valence-electron chi connectivity index (χ0n) is 24.7. The van der Waals surface area contributed by atoms with Gasteiger partial charge in [0.15, 0.2) is 0 Å². The summed E-state index contributed by atoms with van der Waals surface area (Å²) >= 11 is 0. The predicted octanol–water partition coefficient (Wildman–Crippen LogP) is 5.75. The Labute approximate surface area is 255 Å². The molecular formula is C35H39N3O4S. The summed E-state index contributed by atoms with van der Waals surface area (Å²) in [5.41, 5.74) is 3.07. The molecule has 4 aromatic rings. The van der Waals surface area contributed by atoms with Gasteiger partial charge in [0.25, 0.3) is 10.0 Å². The lowest BCUT2D eigenvalue weighted by atomic mass is 10.0. The fraction of sp³-hybridized carbons (Fsp3) is 0.257. The highest BCUT2D eigenvalue weighted by Crippen LogP contribution is 2.25. The average Bonchev–Trinajstić information content (AvgIpc) is 3.03. The number of nitrogens with one attached hydrogen (secondary N) is 1. The third-order valence-corrected chi connectivity index (χ3v) is 9.02. The Bertz CT molecular complexity index is 1560. The van der Waals surface area contributed by atoms with Crippen molar-refractivity contribution in [1.82, 2.24) is 10.2 Å². The molecule has 2 amide bonds. The molecule has 0 aliphatic heterocycles. The zero-order valence-corrected chi connectivity index (χ0v) is 25.5. The van der Waals surface area contributed by atoms with E-state index in [0.717, 1.165) is 33.8 Å². The normalized spacial score (nSPS) is 11.9. The molecule has 1 atom stereocenters. The van der Waals surface area contributed by atoms with Gasteiger partial charge in [-0.3, -0.25) is 13.9 Å². The number of nitrogens with zero attached hydrogens (tertiary/aromatic N) is 2. The summed E-state index contributed by atoms with van der Waals surface area (Å²) in [4.78, 5) is 29.7. The summed E-state index contributed by atoms with van der Waals surface area (Å²) in [6, 6.07) is 33.2. The van der Waals surface area contributed by atoms with Gasteiger partial charge in [-0.1, -0.05) is 110 Å². The van der Waals surface area contributed by atoms with Crippen molar-refractivity contribution in [1.29, 1.82) is 0 Å². The van der Waals surface area contributed by atoms with Crippen molar-refractivity contribution < 1.29 is 18.0 Å². The van der Waals surface area contributed by atoms with E-state index >= 15 is 0 Å². The van der Waals surface area contributed by atoms with Gasteiger partial charge in [0, 0.05) is 19.5 Å². The van der Waals surface area contributed by atoms with Crippen LogP contribution in [0.1, 0.15) is 36.5 Å². The van der Waals surface area contributed by atoms with Crippen LogP contribution in [0.3, 0.4) is 0 Å². The first-order valence-electron chi connectivity index (χ1n) is 14.6. The number of benzene rings is 4. The SMILES string of the molecule is CCCCNC(=O)[C@@H](Cc1ccccc1)N(Cc1ccccc1)C(=O)CN(c1ccc(C)cc1)S(=O)(=O)c1ccccc1. The van der Waals surface area contributed by atoms with Crippen molar-refractivity contribution in [2.45, 2.75) is 50.6 Å². The number of rotatable bonds is 14. The average molecular weight is 598 g/mol. The van der Waals surface area contributed by atoms with Crippen LogP contribution in [0, 0.1) is 6.92 Å². The molecule has 0 spiro atoms. The lowest BCUT2D eigenvalue weighted by molar-refractivity contribution is -0.140. The van der Waals surface area contributed by atoms with Crippen LogP contribution in [0.5, 0.6) is 0 Å². The molecule has 0 fully saturated rings. The van der Waals surface area contributed by atoms with E-state index in [1.165, 1.54) is 17.0 Å². The highest BCUT2D eigenvalue weighted by atomic mass is 32.2. The van der Waals surface area contributed by atoms with E-state index < -0.39 is 28.5 Å². The summed E-state index contributed by atoms with van der Waals surface area (Å²) in [6.45, 7) is 4.13. The summed E-state index contributed by atoms with van der Waals surface area (Å²) in [5.74, 6) is -0.745. The van der Waals surface area contributed by atoms with Crippen LogP contribution in [-0.2, 0) is 32.6 Å². The number of aryl methyl sites for hydroxylation is 1. The molecule has 4 aromatic carbocycles. The Balaban J connectivity index is 1.76. The number of carbonyl (C=O) groups excluding carboxylic acids is 2. The third-order valence-electron chi connectivity index (χ3n) is 7.23. The van der Waals surface area contributed by atoms with Crippen LogP contribution in [-0.4, -0.2) is 44.3 Å². The lowest BCUT2D eigenvalue weighted by Gasteiger charge is -2.34. The standard InChI is InChI=1S/C35H39N3O4S/c1-3-4-24-36-35(40)33(25-29-14-8-5-9-15-29)37(26-30-16-10-6-11-17-30)34(39)27-38(31-22-20-28(2)21-23-31)43(41,42)32-18-12-7-13-19-32/h5-23,33H,3-4,24-27H2,1-2H3,(H,36,40)/t33-/m1/s1. The Morgan fingerprint density at radius 1 is 0.767 bits per heavy atom. The molecule has 0 bridgehead atoms. The molecule has 0 aromatic heterocycles. The second-order valence-electron chi connectivity index (χ2n) is 10.5. The summed E-state index contributed by atoms with van der Waals surface area (Å²) in [6.07, 6.45) is 2.01. The van der Waals surface area contributed by atoms with E-state index in [2.05, 4.69) is 5.32 Å². The van der Waals surface area contributed by atoms with Gasteiger partial charge in [-0.05, 0) is 48.7 Å². The molecule has 0 aliphatic rings. The van der Waals surface area contributed by atoms with Gasteiger partial charge in [-0.15, -0.1) is 0 Å². The molecular weight excluding hydrogens is 558 g/mol. The Morgan fingerprint density at radius 2 is 1.33 bits per heavy atom. The number of sulfonamides is 1. The smallest absolute Gasteiger partial charge is 0.264 e. The monoisotopic (exact) mass is 597 g/mol. The fourth-order valence-corrected chi connectivity index (χ4v) is 6.23. The highest BCUT2D eigenvalue weighted by Gasteiger charge is 2.34. The van der Waals surface area contributed by atoms with Crippen LogP contribution in [0.2, 0.25) is 0 Å². The van der Waals surface area contributed by atoms with Gasteiger partial charge in [0.05, 0.1) is 10.6 Å². The van der Waals surface area contributed by atoms with Crippen LogP contribution in [0.25, 0.3) is 0 Å². The second-order valence-corrected chi connectivity index (χ2v) is 12.4. The van der Waals surface area contributed by atoms with Gasteiger partial charge in [-0.25, -0.2) is 8.42 Å². The van der Waals surface area contributed by atoms with Crippen molar-refractivity contribution in [2.24, 2.45) is 0 Å². The lowest BCUT2D eigenvalue weighted by Crippen LogP contribution is -2.53. The molecule has 8 heteroatoms. The number of unbranched alkanes of at least 4 members (excludes halogenated alkanes) is 1.